The predicted octanol–water partition coefficient (Wildman–Crippen LogP) is -1.00. The number of nitrogens with one attached hydrogen (secondary N) is 2. The maximum Gasteiger partial charge on any atom is 0.272 e. The largest absolute Gasteiger partial charge is 0.388 e. The number of nitrogens with zero attached hydrogens (tertiary/aromatic N) is 1. The Morgan fingerprint density at radius 1 is 1.45 bits per heavy atom. The van der Waals surface area contributed by atoms with Gasteiger partial charge in [0.2, 0.25) is 0 Å². The molecule has 0 amide bonds. The Morgan fingerprint density at radius 3 is 2.80 bits per heavy atom. The zero-order valence-corrected chi connectivity index (χ0v) is 12.0. The lowest BCUT2D eigenvalue weighted by atomic mass is 10.0. The van der Waals surface area contributed by atoms with Gasteiger partial charge in [0.15, 0.2) is 17.2 Å². The number of hydrogen-bond acceptors (Lipinski definition) is 8. The molecule has 0 aliphatic carbocycles. The van der Waals surface area contributed by atoms with Gasteiger partial charge in [-0.2, -0.15) is 0 Å². The number of aliphatic hydroxyl groups excluding tert-OH is 3. The second-order valence-corrected chi connectivity index (χ2v) is 5.36. The van der Waals surface area contributed by atoms with E-state index in [0.29, 0.717) is 5.16 Å². The third kappa shape index (κ3) is 3.08. The van der Waals surface area contributed by atoms with Gasteiger partial charge in [0, 0.05) is 0 Å². The van der Waals surface area contributed by atoms with Crippen molar-refractivity contribution in [2.75, 3.05) is 18.2 Å². The molecule has 1 saturated heterocycles. The molecule has 1 aliphatic rings. The Kier molecular flexibility index (Phi) is 4.89. The summed E-state index contributed by atoms with van der Waals surface area (Å²) in [6, 6.07) is 0. The Labute approximate surface area is 123 Å². The van der Waals surface area contributed by atoms with Crippen molar-refractivity contribution in [3.05, 3.63) is 15.4 Å². The molecule has 4 atom stereocenters. The van der Waals surface area contributed by atoms with Gasteiger partial charge >= 0.3 is 0 Å². The molecule has 5 N–H and O–H groups in total. The Bertz CT molecular complexity index is 542. The summed E-state index contributed by atoms with van der Waals surface area (Å²) in [5.41, 5.74) is -0.528. The van der Waals surface area contributed by atoms with E-state index >= 15 is 0 Å². The second kappa shape index (κ2) is 6.29. The summed E-state index contributed by atoms with van der Waals surface area (Å²) < 4.78 is 5.16. The quantitative estimate of drug-likeness (QED) is 0.354. The van der Waals surface area contributed by atoms with Crippen LogP contribution in [0.3, 0.4) is 0 Å². The number of aromatic amines is 1. The van der Waals surface area contributed by atoms with Crippen molar-refractivity contribution in [3.63, 3.8) is 0 Å². The summed E-state index contributed by atoms with van der Waals surface area (Å²) >= 11 is 7.04. The number of hydrogen-bond donors (Lipinski definition) is 5. The van der Waals surface area contributed by atoms with Crippen molar-refractivity contribution < 1.29 is 20.1 Å². The minimum atomic E-state index is -1.38. The molecule has 0 unspecified atom stereocenters. The first kappa shape index (κ1) is 15.5. The van der Waals surface area contributed by atoms with E-state index in [1.807, 2.05) is 0 Å². The molecule has 0 spiro atoms. The third-order valence-corrected chi connectivity index (χ3v) is 3.74. The molecule has 0 aromatic carbocycles. The monoisotopic (exact) mass is 323 g/mol. The van der Waals surface area contributed by atoms with Crippen LogP contribution in [-0.4, -0.2) is 62.7 Å². The number of H-pyrrole nitrogens is 1. The zero-order valence-electron chi connectivity index (χ0n) is 10.4. The minimum absolute atomic E-state index is 0.0346. The molecule has 112 valence electrons. The van der Waals surface area contributed by atoms with Crippen LogP contribution in [-0.2, 0) is 4.74 Å². The fourth-order valence-electron chi connectivity index (χ4n) is 1.70. The smallest absolute Gasteiger partial charge is 0.272 e. The number of aliphatic hydroxyl groups is 3. The van der Waals surface area contributed by atoms with E-state index in [1.54, 1.807) is 6.26 Å². The molecule has 2 heterocycles. The van der Waals surface area contributed by atoms with Gasteiger partial charge in [-0.1, -0.05) is 23.4 Å². The molecule has 0 saturated carbocycles. The second-order valence-electron chi connectivity index (χ2n) is 4.18. The van der Waals surface area contributed by atoms with Crippen LogP contribution in [0.25, 0.3) is 0 Å². The molecule has 1 aromatic rings. The van der Waals surface area contributed by atoms with Gasteiger partial charge in [0.05, 0.1) is 6.61 Å². The first-order valence-electron chi connectivity index (χ1n) is 5.70. The minimum Gasteiger partial charge on any atom is -0.388 e. The molecule has 0 radical (unpaired) electrons. The van der Waals surface area contributed by atoms with Crippen molar-refractivity contribution in [2.24, 2.45) is 0 Å². The van der Waals surface area contributed by atoms with Crippen LogP contribution < -0.4 is 10.9 Å². The summed E-state index contributed by atoms with van der Waals surface area (Å²) in [6.07, 6.45) is -3.22. The van der Waals surface area contributed by atoms with Crippen LogP contribution in [0.5, 0.6) is 0 Å². The van der Waals surface area contributed by atoms with Gasteiger partial charge in [-0.05, 0) is 6.26 Å². The highest BCUT2D eigenvalue weighted by molar-refractivity contribution is 7.98. The molecule has 1 aromatic heterocycles. The van der Waals surface area contributed by atoms with Crippen molar-refractivity contribution >= 4 is 29.2 Å². The van der Waals surface area contributed by atoms with E-state index in [4.69, 9.17) is 16.3 Å². The van der Waals surface area contributed by atoms with E-state index in [9.17, 15) is 20.1 Å². The van der Waals surface area contributed by atoms with Gasteiger partial charge < -0.3 is 30.4 Å². The number of anilines is 1. The lowest BCUT2D eigenvalue weighted by Gasteiger charge is -2.35. The van der Waals surface area contributed by atoms with Crippen molar-refractivity contribution in [1.82, 2.24) is 9.97 Å². The molecule has 20 heavy (non-hydrogen) atoms. The molecular formula is C10H14ClN3O5S. The number of ether oxygens (including phenoxy) is 1. The maximum atomic E-state index is 11.6. The molecule has 1 fully saturated rings. The van der Waals surface area contributed by atoms with Crippen molar-refractivity contribution in [2.45, 2.75) is 29.7 Å². The number of halogens is 1. The number of aromatic nitrogens is 2. The van der Waals surface area contributed by atoms with E-state index in [1.165, 1.54) is 11.8 Å². The lowest BCUT2D eigenvalue weighted by Crippen LogP contribution is -2.55. The SMILES string of the molecule is CSc1nc(N[C@@H]2OC[C@@H](O)[C@@H](O)[C@H]2O)c(Cl)c(=O)[nH]1. The highest BCUT2D eigenvalue weighted by atomic mass is 35.5. The van der Waals surface area contributed by atoms with Crippen LogP contribution in [0.15, 0.2) is 9.95 Å². The Hall–Kier alpha value is -0.840. The Balaban J connectivity index is 2.22. The van der Waals surface area contributed by atoms with Crippen molar-refractivity contribution in [1.29, 1.82) is 0 Å². The van der Waals surface area contributed by atoms with E-state index in [0.717, 1.165) is 0 Å². The molecule has 2 rings (SSSR count). The summed E-state index contributed by atoms with van der Waals surface area (Å²) in [6.45, 7) is -0.161. The maximum absolute atomic E-state index is 11.6. The van der Waals surface area contributed by atoms with E-state index in [2.05, 4.69) is 15.3 Å². The highest BCUT2D eigenvalue weighted by Gasteiger charge is 2.38. The fourth-order valence-corrected chi connectivity index (χ4v) is 2.22. The normalized spacial score (nSPS) is 30.2. The summed E-state index contributed by atoms with van der Waals surface area (Å²) in [5, 5.41) is 31.5. The number of thioether (sulfide) groups is 1. The summed E-state index contributed by atoms with van der Waals surface area (Å²) in [7, 11) is 0. The molecular weight excluding hydrogens is 310 g/mol. The van der Waals surface area contributed by atoms with Gasteiger partial charge in [-0.25, -0.2) is 4.98 Å². The van der Waals surface area contributed by atoms with Crippen LogP contribution in [0, 0.1) is 0 Å². The zero-order chi connectivity index (χ0) is 14.9. The third-order valence-electron chi connectivity index (χ3n) is 2.81. The average Bonchev–Trinajstić information content (AvgIpc) is 2.44. The molecule has 1 aliphatic heterocycles. The standard InChI is InChI=1S/C10H14ClN3O5S/c1-20-10-13-7(4(11)8(18)14-10)12-9-6(17)5(16)3(15)2-19-9/h3,5-6,9,15-17H,2H2,1H3,(H2,12,13,14,18)/t3-,5-,6-,9-/m1/s1. The average molecular weight is 324 g/mol. The van der Waals surface area contributed by atoms with Gasteiger partial charge in [-0.3, -0.25) is 4.79 Å². The van der Waals surface area contributed by atoms with Crippen LogP contribution in [0.2, 0.25) is 5.02 Å². The number of rotatable bonds is 3. The molecule has 8 nitrogen and oxygen atoms in total. The van der Waals surface area contributed by atoms with Crippen molar-refractivity contribution in [3.8, 4) is 0 Å². The van der Waals surface area contributed by atoms with Crippen LogP contribution in [0.1, 0.15) is 0 Å². The topological polar surface area (TPSA) is 128 Å². The predicted molar refractivity (Wildman–Crippen MR) is 73.0 cm³/mol. The lowest BCUT2D eigenvalue weighted by molar-refractivity contribution is -0.178. The van der Waals surface area contributed by atoms with E-state index < -0.39 is 30.1 Å². The summed E-state index contributed by atoms with van der Waals surface area (Å²) in [5.74, 6) is 0.0346. The van der Waals surface area contributed by atoms with Crippen LogP contribution >= 0.6 is 23.4 Å². The molecule has 10 heteroatoms. The first-order chi connectivity index (χ1) is 9.43. The van der Waals surface area contributed by atoms with Crippen LogP contribution in [0.4, 0.5) is 5.82 Å². The van der Waals surface area contributed by atoms with Gasteiger partial charge in [0.25, 0.3) is 5.56 Å². The van der Waals surface area contributed by atoms with Gasteiger partial charge in [0.1, 0.15) is 23.3 Å². The highest BCUT2D eigenvalue weighted by Crippen LogP contribution is 2.22. The molecule has 0 bridgehead atoms. The Morgan fingerprint density at radius 2 is 2.15 bits per heavy atom. The van der Waals surface area contributed by atoms with Gasteiger partial charge in [-0.15, -0.1) is 0 Å². The summed E-state index contributed by atoms with van der Waals surface area (Å²) in [4.78, 5) is 18.1. The fraction of sp³-hybridized carbons (Fsp3) is 0.600. The first-order valence-corrected chi connectivity index (χ1v) is 7.30. The van der Waals surface area contributed by atoms with E-state index in [-0.39, 0.29) is 17.4 Å².